The quantitative estimate of drug-likeness (QED) is 0.803. The second-order valence-corrected chi connectivity index (χ2v) is 7.01. The first-order chi connectivity index (χ1) is 12.1. The highest BCUT2D eigenvalue weighted by molar-refractivity contribution is 5.91. The van der Waals surface area contributed by atoms with E-state index in [2.05, 4.69) is 16.3 Å². The van der Waals surface area contributed by atoms with Crippen LogP contribution in [-0.2, 0) is 9.59 Å². The van der Waals surface area contributed by atoms with Crippen LogP contribution in [-0.4, -0.2) is 60.4 Å². The maximum absolute atomic E-state index is 12.3. The Morgan fingerprint density at radius 2 is 1.96 bits per heavy atom. The molecule has 2 aliphatic rings. The lowest BCUT2D eigenvalue weighted by molar-refractivity contribution is -0.128. The standard InChI is InChI=1S/C20H27N3O2/c1-16-3-2-4-17(15-16)5-8-20(25)23-13-11-22(12-14-23)10-9-19(24)21-18-6-7-18/h2-5,8,15,18H,6-7,9-14H2,1H3,(H,21,24)/b8-5+. The molecule has 2 amide bonds. The molecule has 5 nitrogen and oxygen atoms in total. The van der Waals surface area contributed by atoms with E-state index in [9.17, 15) is 9.59 Å². The van der Waals surface area contributed by atoms with Crippen molar-refractivity contribution in [2.24, 2.45) is 0 Å². The van der Waals surface area contributed by atoms with Gasteiger partial charge in [0.15, 0.2) is 0 Å². The smallest absolute Gasteiger partial charge is 0.246 e. The molecule has 0 atom stereocenters. The molecule has 1 aromatic carbocycles. The molecule has 1 aliphatic carbocycles. The van der Waals surface area contributed by atoms with Gasteiger partial charge in [0.25, 0.3) is 0 Å². The van der Waals surface area contributed by atoms with Gasteiger partial charge in [-0.25, -0.2) is 0 Å². The average Bonchev–Trinajstić information content (AvgIpc) is 3.42. The second-order valence-electron chi connectivity index (χ2n) is 7.01. The van der Waals surface area contributed by atoms with E-state index >= 15 is 0 Å². The highest BCUT2D eigenvalue weighted by Gasteiger charge is 2.24. The Hall–Kier alpha value is -2.14. The molecule has 25 heavy (non-hydrogen) atoms. The van der Waals surface area contributed by atoms with Crippen molar-refractivity contribution in [1.82, 2.24) is 15.1 Å². The molecule has 3 rings (SSSR count). The fraction of sp³-hybridized carbons (Fsp3) is 0.500. The minimum absolute atomic E-state index is 0.0626. The number of piperazine rings is 1. The van der Waals surface area contributed by atoms with Gasteiger partial charge < -0.3 is 10.2 Å². The number of benzene rings is 1. The number of hydrogen-bond donors (Lipinski definition) is 1. The van der Waals surface area contributed by atoms with E-state index in [0.717, 1.165) is 51.1 Å². The molecule has 0 unspecified atom stereocenters. The predicted octanol–water partition coefficient (Wildman–Crippen LogP) is 1.82. The number of amides is 2. The van der Waals surface area contributed by atoms with Crippen molar-refractivity contribution in [1.29, 1.82) is 0 Å². The molecule has 1 aliphatic heterocycles. The highest BCUT2D eigenvalue weighted by Crippen LogP contribution is 2.18. The molecular formula is C20H27N3O2. The predicted molar refractivity (Wildman–Crippen MR) is 99.0 cm³/mol. The summed E-state index contributed by atoms with van der Waals surface area (Å²) in [7, 11) is 0. The fourth-order valence-corrected chi connectivity index (χ4v) is 3.03. The van der Waals surface area contributed by atoms with Gasteiger partial charge >= 0.3 is 0 Å². The van der Waals surface area contributed by atoms with Crippen LogP contribution < -0.4 is 5.32 Å². The van der Waals surface area contributed by atoms with Crippen molar-refractivity contribution in [3.05, 3.63) is 41.5 Å². The van der Waals surface area contributed by atoms with Crippen molar-refractivity contribution in [3.63, 3.8) is 0 Å². The zero-order valence-corrected chi connectivity index (χ0v) is 14.9. The maximum Gasteiger partial charge on any atom is 0.246 e. The molecule has 134 valence electrons. The molecule has 0 spiro atoms. The lowest BCUT2D eigenvalue weighted by atomic mass is 10.1. The van der Waals surface area contributed by atoms with Crippen LogP contribution in [0.25, 0.3) is 6.08 Å². The Balaban J connectivity index is 1.39. The summed E-state index contributed by atoms with van der Waals surface area (Å²) >= 11 is 0. The zero-order valence-electron chi connectivity index (χ0n) is 14.9. The molecule has 2 fully saturated rings. The number of rotatable bonds is 6. The van der Waals surface area contributed by atoms with Gasteiger partial charge in [-0.1, -0.05) is 29.8 Å². The van der Waals surface area contributed by atoms with E-state index in [1.54, 1.807) is 6.08 Å². The van der Waals surface area contributed by atoms with Crippen LogP contribution in [0, 0.1) is 6.92 Å². The minimum atomic E-state index is 0.0626. The Morgan fingerprint density at radius 3 is 2.64 bits per heavy atom. The van der Waals surface area contributed by atoms with Crippen molar-refractivity contribution in [3.8, 4) is 0 Å². The Labute approximate surface area is 149 Å². The summed E-state index contributed by atoms with van der Waals surface area (Å²) in [6, 6.07) is 8.54. The lowest BCUT2D eigenvalue weighted by Gasteiger charge is -2.34. The highest BCUT2D eigenvalue weighted by atomic mass is 16.2. The summed E-state index contributed by atoms with van der Waals surface area (Å²) in [6.45, 7) is 5.94. The Bertz CT molecular complexity index is 644. The van der Waals surface area contributed by atoms with Gasteiger partial charge in [0.1, 0.15) is 0 Å². The average molecular weight is 341 g/mol. The molecule has 0 aromatic heterocycles. The molecule has 1 saturated heterocycles. The van der Waals surface area contributed by atoms with Gasteiger partial charge in [0.2, 0.25) is 11.8 Å². The van der Waals surface area contributed by atoms with Gasteiger partial charge in [-0.2, -0.15) is 0 Å². The van der Waals surface area contributed by atoms with E-state index in [0.29, 0.717) is 12.5 Å². The number of nitrogens with one attached hydrogen (secondary N) is 1. The van der Waals surface area contributed by atoms with Crippen molar-refractivity contribution >= 4 is 17.9 Å². The van der Waals surface area contributed by atoms with Crippen LogP contribution >= 0.6 is 0 Å². The summed E-state index contributed by atoms with van der Waals surface area (Å²) < 4.78 is 0. The van der Waals surface area contributed by atoms with Gasteiger partial charge in [-0.15, -0.1) is 0 Å². The van der Waals surface area contributed by atoms with Gasteiger partial charge in [-0.3, -0.25) is 14.5 Å². The monoisotopic (exact) mass is 341 g/mol. The van der Waals surface area contributed by atoms with Crippen molar-refractivity contribution < 1.29 is 9.59 Å². The number of nitrogens with zero attached hydrogens (tertiary/aromatic N) is 2. The molecular weight excluding hydrogens is 314 g/mol. The number of carbonyl (C=O) groups is 2. The first-order valence-corrected chi connectivity index (χ1v) is 9.15. The van der Waals surface area contributed by atoms with Crippen LogP contribution in [0.5, 0.6) is 0 Å². The SMILES string of the molecule is Cc1cccc(/C=C/C(=O)N2CCN(CCC(=O)NC3CC3)CC2)c1. The summed E-state index contributed by atoms with van der Waals surface area (Å²) in [6.07, 6.45) is 6.35. The van der Waals surface area contributed by atoms with E-state index in [1.807, 2.05) is 36.1 Å². The molecule has 1 N–H and O–H groups in total. The van der Waals surface area contributed by atoms with Crippen LogP contribution in [0.15, 0.2) is 30.3 Å². The van der Waals surface area contributed by atoms with Gasteiger partial charge in [-0.05, 0) is 31.4 Å². The number of aryl methyl sites for hydroxylation is 1. The van der Waals surface area contributed by atoms with Gasteiger partial charge in [0.05, 0.1) is 0 Å². The summed E-state index contributed by atoms with van der Waals surface area (Å²) in [5, 5.41) is 3.02. The second kappa shape index (κ2) is 8.30. The lowest BCUT2D eigenvalue weighted by Crippen LogP contribution is -2.48. The maximum atomic E-state index is 12.3. The van der Waals surface area contributed by atoms with Crippen molar-refractivity contribution in [2.45, 2.75) is 32.2 Å². The van der Waals surface area contributed by atoms with Crippen molar-refractivity contribution in [2.75, 3.05) is 32.7 Å². The minimum Gasteiger partial charge on any atom is -0.353 e. The number of hydrogen-bond acceptors (Lipinski definition) is 3. The molecule has 1 saturated carbocycles. The molecule has 1 aromatic rings. The first-order valence-electron chi connectivity index (χ1n) is 9.15. The van der Waals surface area contributed by atoms with E-state index in [-0.39, 0.29) is 11.8 Å². The molecule has 5 heteroatoms. The zero-order chi connectivity index (χ0) is 17.6. The third kappa shape index (κ3) is 5.71. The summed E-state index contributed by atoms with van der Waals surface area (Å²) in [4.78, 5) is 28.2. The summed E-state index contributed by atoms with van der Waals surface area (Å²) in [5.74, 6) is 0.217. The van der Waals surface area contributed by atoms with E-state index in [1.165, 1.54) is 5.56 Å². The van der Waals surface area contributed by atoms with Crippen LogP contribution in [0.2, 0.25) is 0 Å². The normalized spacial score (nSPS) is 18.5. The van der Waals surface area contributed by atoms with Crippen LogP contribution in [0.1, 0.15) is 30.4 Å². The summed E-state index contributed by atoms with van der Waals surface area (Å²) in [5.41, 5.74) is 2.24. The van der Waals surface area contributed by atoms with Crippen LogP contribution in [0.3, 0.4) is 0 Å². The molecule has 0 radical (unpaired) electrons. The fourth-order valence-electron chi connectivity index (χ4n) is 3.03. The third-order valence-corrected chi connectivity index (χ3v) is 4.74. The largest absolute Gasteiger partial charge is 0.353 e. The third-order valence-electron chi connectivity index (χ3n) is 4.74. The van der Waals surface area contributed by atoms with Crippen LogP contribution in [0.4, 0.5) is 0 Å². The molecule has 0 bridgehead atoms. The first kappa shape index (κ1) is 17.7. The Kier molecular flexibility index (Phi) is 5.87. The Morgan fingerprint density at radius 1 is 1.20 bits per heavy atom. The van der Waals surface area contributed by atoms with E-state index in [4.69, 9.17) is 0 Å². The van der Waals surface area contributed by atoms with Gasteiger partial charge in [0, 0.05) is 51.3 Å². The van der Waals surface area contributed by atoms with E-state index < -0.39 is 0 Å². The topological polar surface area (TPSA) is 52.7 Å². The molecule has 1 heterocycles. The number of carbonyl (C=O) groups excluding carboxylic acids is 2.